The van der Waals surface area contributed by atoms with Crippen LogP contribution in [0.3, 0.4) is 0 Å². The van der Waals surface area contributed by atoms with Crippen molar-refractivity contribution in [1.82, 2.24) is 5.32 Å². The van der Waals surface area contributed by atoms with E-state index < -0.39 is 12.0 Å². The fraction of sp³-hybridized carbons (Fsp3) is 0.556. The highest BCUT2D eigenvalue weighted by atomic mass is 35.5. The van der Waals surface area contributed by atoms with E-state index in [-0.39, 0.29) is 5.91 Å². The first-order valence-electron chi connectivity index (χ1n) is 4.29. The summed E-state index contributed by atoms with van der Waals surface area (Å²) >= 11 is 6.82. The van der Waals surface area contributed by atoms with E-state index in [0.717, 1.165) is 0 Å². The number of carbonyl (C=O) groups is 2. The summed E-state index contributed by atoms with van der Waals surface area (Å²) < 4.78 is 4.56. The van der Waals surface area contributed by atoms with Crippen LogP contribution in [0.4, 0.5) is 0 Å². The number of hydrogen-bond donors (Lipinski definition) is 1. The zero-order valence-electron chi connectivity index (χ0n) is 8.66. The number of nitrogens with one attached hydrogen (secondary N) is 1. The van der Waals surface area contributed by atoms with Gasteiger partial charge in [0, 0.05) is 24.0 Å². The molecular weight excluding hydrogens is 238 g/mol. The van der Waals surface area contributed by atoms with Crippen LogP contribution in [0.5, 0.6) is 0 Å². The summed E-state index contributed by atoms with van der Waals surface area (Å²) in [5.41, 5.74) is 1.42. The third kappa shape index (κ3) is 7.27. The zero-order valence-corrected chi connectivity index (χ0v) is 10.2. The van der Waals surface area contributed by atoms with Gasteiger partial charge in [0.15, 0.2) is 0 Å². The van der Waals surface area contributed by atoms with Gasteiger partial charge in [0.1, 0.15) is 6.04 Å². The molecule has 0 rings (SSSR count). The summed E-state index contributed by atoms with van der Waals surface area (Å²) in [4.78, 5) is 22.0. The number of carbonyl (C=O) groups excluding carboxylic acids is 2. The number of thioether (sulfide) groups is 1. The van der Waals surface area contributed by atoms with Crippen LogP contribution in [0, 0.1) is 0 Å². The number of ether oxygens (including phenoxy) is 1. The number of amides is 1. The molecule has 1 amide bonds. The van der Waals surface area contributed by atoms with Gasteiger partial charge in [-0.1, -0.05) is 17.7 Å². The first-order chi connectivity index (χ1) is 7.11. The maximum atomic E-state index is 11.2. The maximum absolute atomic E-state index is 11.2. The number of esters is 1. The van der Waals surface area contributed by atoms with Crippen molar-refractivity contribution in [1.29, 1.82) is 0 Å². The highest BCUT2D eigenvalue weighted by molar-refractivity contribution is 7.99. The predicted molar refractivity (Wildman–Crippen MR) is 61.9 cm³/mol. The minimum absolute atomic E-state index is 0.251. The first-order valence-corrected chi connectivity index (χ1v) is 5.88. The lowest BCUT2D eigenvalue weighted by Gasteiger charge is -2.14. The molecule has 0 saturated carbocycles. The molecule has 0 saturated heterocycles. The van der Waals surface area contributed by atoms with Crippen molar-refractivity contribution < 1.29 is 14.3 Å². The standard InChI is InChI=1S/C9H14ClNO3S/c1-7(12)11-8(9(13)14-2)6-15-5-3-4-10/h3-4,8H,5-6H2,1-2H3,(H,11,12)/b4-3-/t8-/m0/s1. The Balaban J connectivity index is 4.01. The summed E-state index contributed by atoms with van der Waals surface area (Å²) in [6.07, 6.45) is 1.76. The number of hydrogen-bond acceptors (Lipinski definition) is 4. The Hall–Kier alpha value is -0.680. The smallest absolute Gasteiger partial charge is 0.329 e. The molecule has 15 heavy (non-hydrogen) atoms. The van der Waals surface area contributed by atoms with Crippen LogP contribution >= 0.6 is 23.4 Å². The van der Waals surface area contributed by atoms with Gasteiger partial charge in [0.05, 0.1) is 7.11 Å². The Kier molecular flexibility index (Phi) is 8.22. The normalized spacial score (nSPS) is 12.5. The Morgan fingerprint density at radius 3 is 2.73 bits per heavy atom. The van der Waals surface area contributed by atoms with Gasteiger partial charge >= 0.3 is 5.97 Å². The molecule has 0 aromatic carbocycles. The molecule has 86 valence electrons. The van der Waals surface area contributed by atoms with Crippen LogP contribution in [-0.4, -0.2) is 36.5 Å². The van der Waals surface area contributed by atoms with Gasteiger partial charge in [-0.05, 0) is 0 Å². The lowest BCUT2D eigenvalue weighted by atomic mass is 10.3. The molecule has 0 unspecified atom stereocenters. The van der Waals surface area contributed by atoms with Crippen LogP contribution < -0.4 is 5.32 Å². The average molecular weight is 252 g/mol. The summed E-state index contributed by atoms with van der Waals surface area (Å²) in [5, 5.41) is 2.52. The summed E-state index contributed by atoms with van der Waals surface area (Å²) in [5.74, 6) is 0.468. The van der Waals surface area contributed by atoms with Crippen molar-refractivity contribution in [2.45, 2.75) is 13.0 Å². The maximum Gasteiger partial charge on any atom is 0.329 e. The Morgan fingerprint density at radius 2 is 2.27 bits per heavy atom. The monoisotopic (exact) mass is 251 g/mol. The first kappa shape index (κ1) is 14.3. The van der Waals surface area contributed by atoms with Crippen molar-refractivity contribution >= 4 is 35.2 Å². The second-order valence-electron chi connectivity index (χ2n) is 2.68. The van der Waals surface area contributed by atoms with Crippen molar-refractivity contribution in [3.05, 3.63) is 11.6 Å². The number of rotatable bonds is 6. The minimum atomic E-state index is -0.596. The molecule has 0 aliphatic heterocycles. The summed E-state index contributed by atoms with van der Waals surface area (Å²) in [7, 11) is 1.29. The van der Waals surface area contributed by atoms with Gasteiger partial charge in [-0.2, -0.15) is 11.8 Å². The summed E-state index contributed by atoms with van der Waals surface area (Å²) in [6.45, 7) is 1.36. The van der Waals surface area contributed by atoms with E-state index >= 15 is 0 Å². The number of halogens is 1. The lowest BCUT2D eigenvalue weighted by molar-refractivity contribution is -0.144. The third-order valence-electron chi connectivity index (χ3n) is 1.45. The third-order valence-corrected chi connectivity index (χ3v) is 2.63. The Bertz CT molecular complexity index is 246. The van der Waals surface area contributed by atoms with Gasteiger partial charge in [0.25, 0.3) is 0 Å². The Labute approximate surface area is 98.4 Å². The summed E-state index contributed by atoms with van der Waals surface area (Å²) in [6, 6.07) is -0.596. The molecule has 0 radical (unpaired) electrons. The zero-order chi connectivity index (χ0) is 11.7. The van der Waals surface area contributed by atoms with Crippen molar-refractivity contribution in [2.75, 3.05) is 18.6 Å². The van der Waals surface area contributed by atoms with Gasteiger partial charge in [-0.25, -0.2) is 4.79 Å². The molecule has 4 nitrogen and oxygen atoms in total. The predicted octanol–water partition coefficient (Wildman–Crippen LogP) is 1.15. The van der Waals surface area contributed by atoms with Crippen LogP contribution in [0.15, 0.2) is 11.6 Å². The van der Waals surface area contributed by atoms with Crippen LogP contribution in [-0.2, 0) is 14.3 Å². The molecular formula is C9H14ClNO3S. The van der Waals surface area contributed by atoms with Crippen molar-refractivity contribution in [3.63, 3.8) is 0 Å². The second-order valence-corrected chi connectivity index (χ2v) is 4.00. The molecule has 0 heterocycles. The fourth-order valence-electron chi connectivity index (χ4n) is 0.847. The quantitative estimate of drug-likeness (QED) is 0.568. The molecule has 0 aliphatic carbocycles. The van der Waals surface area contributed by atoms with Crippen molar-refractivity contribution in [3.8, 4) is 0 Å². The number of methoxy groups -OCH3 is 1. The Morgan fingerprint density at radius 1 is 1.60 bits per heavy atom. The van der Waals surface area contributed by atoms with E-state index in [4.69, 9.17) is 11.6 Å². The molecule has 0 aliphatic rings. The van der Waals surface area contributed by atoms with Gasteiger partial charge in [-0.15, -0.1) is 0 Å². The molecule has 0 aromatic rings. The van der Waals surface area contributed by atoms with E-state index in [2.05, 4.69) is 10.1 Å². The van der Waals surface area contributed by atoms with E-state index in [1.807, 2.05) is 0 Å². The van der Waals surface area contributed by atoms with E-state index in [9.17, 15) is 9.59 Å². The molecule has 1 atom stereocenters. The molecule has 0 aromatic heterocycles. The molecule has 6 heteroatoms. The average Bonchev–Trinajstić information content (AvgIpc) is 2.21. The second kappa shape index (κ2) is 8.61. The van der Waals surface area contributed by atoms with E-state index in [1.165, 1.54) is 31.3 Å². The van der Waals surface area contributed by atoms with Crippen LogP contribution in [0.25, 0.3) is 0 Å². The SMILES string of the molecule is COC(=O)[C@H](CSC/C=C\Cl)NC(C)=O. The molecule has 1 N–H and O–H groups in total. The fourth-order valence-corrected chi connectivity index (χ4v) is 1.86. The molecule has 0 fully saturated rings. The van der Waals surface area contributed by atoms with E-state index in [1.54, 1.807) is 6.08 Å². The topological polar surface area (TPSA) is 55.4 Å². The van der Waals surface area contributed by atoms with Crippen molar-refractivity contribution in [2.24, 2.45) is 0 Å². The van der Waals surface area contributed by atoms with Gasteiger partial charge < -0.3 is 10.1 Å². The lowest BCUT2D eigenvalue weighted by Crippen LogP contribution is -2.42. The van der Waals surface area contributed by atoms with Crippen LogP contribution in [0.1, 0.15) is 6.92 Å². The largest absolute Gasteiger partial charge is 0.467 e. The van der Waals surface area contributed by atoms with Gasteiger partial charge in [-0.3, -0.25) is 4.79 Å². The minimum Gasteiger partial charge on any atom is -0.467 e. The van der Waals surface area contributed by atoms with Crippen LogP contribution in [0.2, 0.25) is 0 Å². The van der Waals surface area contributed by atoms with Gasteiger partial charge in [0.2, 0.25) is 5.91 Å². The van der Waals surface area contributed by atoms with E-state index in [0.29, 0.717) is 11.5 Å². The molecule has 0 spiro atoms. The highest BCUT2D eigenvalue weighted by Gasteiger charge is 2.19. The highest BCUT2D eigenvalue weighted by Crippen LogP contribution is 2.05. The molecule has 0 bridgehead atoms.